The van der Waals surface area contributed by atoms with Crippen molar-refractivity contribution in [2.24, 2.45) is 0 Å². The molecule has 1 atom stereocenters. The van der Waals surface area contributed by atoms with Crippen molar-refractivity contribution in [1.82, 2.24) is 19.7 Å². The summed E-state index contributed by atoms with van der Waals surface area (Å²) in [4.78, 5) is 22.5. The quantitative estimate of drug-likeness (QED) is 0.296. The lowest BCUT2D eigenvalue weighted by atomic mass is 9.85. The predicted molar refractivity (Wildman–Crippen MR) is 148 cm³/mol. The third-order valence-corrected chi connectivity index (χ3v) is 8.04. The number of carbonyl (C=O) groups is 1. The highest BCUT2D eigenvalue weighted by atomic mass is 19.4. The molecule has 10 heteroatoms. The summed E-state index contributed by atoms with van der Waals surface area (Å²) in [5.41, 5.74) is 1.77. The van der Waals surface area contributed by atoms with E-state index in [0.29, 0.717) is 12.0 Å². The van der Waals surface area contributed by atoms with Crippen molar-refractivity contribution in [3.63, 3.8) is 0 Å². The number of hydrogen-bond donors (Lipinski definition) is 0. The van der Waals surface area contributed by atoms with Gasteiger partial charge in [-0.25, -0.2) is 4.39 Å². The first-order valence-electron chi connectivity index (χ1n) is 13.5. The summed E-state index contributed by atoms with van der Waals surface area (Å²) < 4.78 is 56.7. The van der Waals surface area contributed by atoms with Crippen LogP contribution in [0.1, 0.15) is 35.3 Å². The van der Waals surface area contributed by atoms with Crippen LogP contribution < -0.4 is 4.90 Å². The fourth-order valence-electron chi connectivity index (χ4n) is 5.84. The van der Waals surface area contributed by atoms with Gasteiger partial charge in [-0.15, -0.1) is 0 Å². The molecular weight excluding hydrogens is 534 g/mol. The Balaban J connectivity index is 1.41. The van der Waals surface area contributed by atoms with Crippen LogP contribution in [0.5, 0.6) is 0 Å². The van der Waals surface area contributed by atoms with Crippen LogP contribution in [0.4, 0.5) is 23.4 Å². The fraction of sp³-hybridized carbons (Fsp3) is 0.323. The molecule has 212 valence electrons. The van der Waals surface area contributed by atoms with Crippen molar-refractivity contribution in [3.05, 3.63) is 100 Å². The minimum absolute atomic E-state index is 0.0898. The van der Waals surface area contributed by atoms with Crippen LogP contribution in [0.3, 0.4) is 0 Å². The summed E-state index contributed by atoms with van der Waals surface area (Å²) in [5, 5.41) is 6.76. The number of benzene rings is 2. The summed E-state index contributed by atoms with van der Waals surface area (Å²) in [6.07, 6.45) is -0.830. The summed E-state index contributed by atoms with van der Waals surface area (Å²) in [6.45, 7) is 5.17. The summed E-state index contributed by atoms with van der Waals surface area (Å²) in [5.74, 6) is -0.806. The van der Waals surface area contributed by atoms with E-state index in [2.05, 4.69) is 21.8 Å². The largest absolute Gasteiger partial charge is 0.419 e. The van der Waals surface area contributed by atoms with Gasteiger partial charge in [0.2, 0.25) is 0 Å². The maximum Gasteiger partial charge on any atom is 0.419 e. The molecule has 2 aromatic heterocycles. The van der Waals surface area contributed by atoms with Gasteiger partial charge in [0.25, 0.3) is 0 Å². The van der Waals surface area contributed by atoms with Crippen LogP contribution in [-0.4, -0.2) is 58.7 Å². The lowest BCUT2D eigenvalue weighted by Gasteiger charge is -2.32. The Bertz CT molecular complexity index is 1670. The number of halogens is 4. The number of anilines is 1. The first kappa shape index (κ1) is 27.1. The molecule has 0 amide bonds. The second-order valence-corrected chi connectivity index (χ2v) is 10.9. The number of fused-ring (bicyclic) bond motifs is 2. The Morgan fingerprint density at radius 3 is 2.51 bits per heavy atom. The highest BCUT2D eigenvalue weighted by Gasteiger charge is 2.37. The zero-order valence-corrected chi connectivity index (χ0v) is 22.7. The highest BCUT2D eigenvalue weighted by Crippen LogP contribution is 2.40. The number of allylic oxidation sites excluding steroid dienone is 2. The number of carbonyl (C=O) groups excluding carboxylic acids is 1. The Morgan fingerprint density at radius 1 is 1.00 bits per heavy atom. The van der Waals surface area contributed by atoms with Gasteiger partial charge in [-0.2, -0.15) is 18.3 Å². The summed E-state index contributed by atoms with van der Waals surface area (Å²) >= 11 is 0. The summed E-state index contributed by atoms with van der Waals surface area (Å²) in [7, 11) is 2.06. The molecule has 4 heterocycles. The van der Waals surface area contributed by atoms with Crippen LogP contribution in [-0.2, 0) is 23.8 Å². The average Bonchev–Trinajstić information content (AvgIpc) is 3.35. The van der Waals surface area contributed by atoms with E-state index < -0.39 is 23.6 Å². The first-order valence-corrected chi connectivity index (χ1v) is 13.5. The fourth-order valence-corrected chi connectivity index (χ4v) is 5.84. The van der Waals surface area contributed by atoms with Gasteiger partial charge in [0.1, 0.15) is 11.9 Å². The van der Waals surface area contributed by atoms with Gasteiger partial charge in [0, 0.05) is 74.1 Å². The molecule has 6 nitrogen and oxygen atoms in total. The minimum atomic E-state index is -4.82. The highest BCUT2D eigenvalue weighted by molar-refractivity contribution is 5.99. The van der Waals surface area contributed by atoms with Crippen molar-refractivity contribution < 1.29 is 22.4 Å². The maximum absolute atomic E-state index is 14.9. The number of alkyl halides is 3. The molecule has 1 saturated heterocycles. The van der Waals surface area contributed by atoms with E-state index in [4.69, 9.17) is 5.10 Å². The second kappa shape index (κ2) is 10.4. The monoisotopic (exact) mass is 563 g/mol. The lowest BCUT2D eigenvalue weighted by Crippen LogP contribution is -2.44. The molecule has 0 aliphatic carbocycles. The minimum Gasteiger partial charge on any atom is -0.353 e. The molecule has 41 heavy (non-hydrogen) atoms. The molecule has 0 bridgehead atoms. The molecule has 0 N–H and O–H groups in total. The number of hydrogen-bond acceptors (Lipinski definition) is 5. The zero-order valence-electron chi connectivity index (χ0n) is 22.7. The number of pyridine rings is 1. The number of Topliss-reactive ketones (excluding diaryl/α,β-unsaturated/α-hetero) is 1. The van der Waals surface area contributed by atoms with Crippen LogP contribution in [0.15, 0.2) is 72.1 Å². The van der Waals surface area contributed by atoms with Crippen LogP contribution >= 0.6 is 0 Å². The van der Waals surface area contributed by atoms with Crippen molar-refractivity contribution in [2.45, 2.75) is 32.0 Å². The molecule has 2 aliphatic heterocycles. The van der Waals surface area contributed by atoms with Gasteiger partial charge >= 0.3 is 6.18 Å². The SMILES string of the molecule is CC1=C(C(=O)Cc2ccc3cnccc3c2)C(c2ccc(C(F)(F)F)c(F)c2)n2nc(N3CCN(C)CC3)cc2C1. The smallest absolute Gasteiger partial charge is 0.353 e. The second-order valence-electron chi connectivity index (χ2n) is 10.9. The Labute approximate surface area is 234 Å². The van der Waals surface area contributed by atoms with Gasteiger partial charge in [-0.3, -0.25) is 14.5 Å². The van der Waals surface area contributed by atoms with E-state index >= 15 is 0 Å². The van der Waals surface area contributed by atoms with Gasteiger partial charge < -0.3 is 9.80 Å². The molecule has 6 rings (SSSR count). The Hall–Kier alpha value is -4.05. The lowest BCUT2D eigenvalue weighted by molar-refractivity contribution is -0.140. The van der Waals surface area contributed by atoms with Gasteiger partial charge in [0.05, 0.1) is 5.56 Å². The van der Waals surface area contributed by atoms with E-state index in [9.17, 15) is 22.4 Å². The van der Waals surface area contributed by atoms with E-state index in [-0.39, 0.29) is 17.8 Å². The number of ketones is 1. The molecule has 4 aromatic rings. The van der Waals surface area contributed by atoms with Crippen LogP contribution in [0, 0.1) is 5.82 Å². The van der Waals surface area contributed by atoms with E-state index in [1.165, 1.54) is 6.07 Å². The van der Waals surface area contributed by atoms with Crippen LogP contribution in [0.2, 0.25) is 0 Å². The van der Waals surface area contributed by atoms with Crippen molar-refractivity contribution in [3.8, 4) is 0 Å². The van der Waals surface area contributed by atoms with E-state index in [1.807, 2.05) is 37.3 Å². The molecule has 0 spiro atoms. The Morgan fingerprint density at radius 2 is 1.78 bits per heavy atom. The third kappa shape index (κ3) is 5.24. The number of rotatable bonds is 5. The van der Waals surface area contributed by atoms with Crippen LogP contribution in [0.25, 0.3) is 10.8 Å². The van der Waals surface area contributed by atoms with E-state index in [1.54, 1.807) is 17.1 Å². The molecule has 0 radical (unpaired) electrons. The molecular formula is C31H29F4N5O. The molecule has 2 aliphatic rings. The standard InChI is InChI=1S/C31H29F4N5O/c1-19-13-24-17-28(39-11-9-38(2)10-12-39)37-40(24)30(22-5-6-25(26(32)16-22)31(33,34)35)29(19)27(41)15-20-3-4-23-18-36-8-7-21(23)14-20/h3-8,14,16-18,30H,9-13,15H2,1-2H3. The van der Waals surface area contributed by atoms with Gasteiger partial charge in [-0.1, -0.05) is 29.8 Å². The predicted octanol–water partition coefficient (Wildman–Crippen LogP) is 5.61. The normalized spacial score (nSPS) is 18.2. The molecule has 1 unspecified atom stereocenters. The van der Waals surface area contributed by atoms with E-state index in [0.717, 1.165) is 71.7 Å². The number of nitrogens with zero attached hydrogens (tertiary/aromatic N) is 5. The topological polar surface area (TPSA) is 54.3 Å². The van der Waals surface area contributed by atoms with Gasteiger partial charge in [0.15, 0.2) is 11.6 Å². The average molecular weight is 564 g/mol. The van der Waals surface area contributed by atoms with Crippen molar-refractivity contribution >= 4 is 22.4 Å². The zero-order chi connectivity index (χ0) is 28.9. The van der Waals surface area contributed by atoms with Crippen molar-refractivity contribution in [1.29, 1.82) is 0 Å². The van der Waals surface area contributed by atoms with Crippen molar-refractivity contribution in [2.75, 3.05) is 38.1 Å². The maximum atomic E-state index is 14.9. The number of piperazine rings is 1. The molecule has 1 fully saturated rings. The number of aromatic nitrogens is 3. The van der Waals surface area contributed by atoms with Gasteiger partial charge in [-0.05, 0) is 48.7 Å². The summed E-state index contributed by atoms with van der Waals surface area (Å²) in [6, 6.07) is 11.6. The number of likely N-dealkylation sites (N-methyl/N-ethyl adjacent to an activating group) is 1. The first-order chi connectivity index (χ1) is 19.6. The third-order valence-electron chi connectivity index (χ3n) is 8.04. The molecule has 2 aromatic carbocycles. The Kier molecular flexibility index (Phi) is 6.89. The molecule has 0 saturated carbocycles.